The first-order chi connectivity index (χ1) is 10.8. The Balaban J connectivity index is 1.81. The van der Waals surface area contributed by atoms with E-state index in [0.717, 1.165) is 37.6 Å². The van der Waals surface area contributed by atoms with Crippen molar-refractivity contribution in [2.75, 3.05) is 18.9 Å². The summed E-state index contributed by atoms with van der Waals surface area (Å²) in [5, 5.41) is 3.03. The molecule has 0 bridgehead atoms. The summed E-state index contributed by atoms with van der Waals surface area (Å²) in [4.78, 5) is 15.9. The summed E-state index contributed by atoms with van der Waals surface area (Å²) in [6.07, 6.45) is 9.43. The Morgan fingerprint density at radius 2 is 2.18 bits per heavy atom. The summed E-state index contributed by atoms with van der Waals surface area (Å²) >= 11 is 0. The van der Waals surface area contributed by atoms with E-state index in [1.165, 1.54) is 12.8 Å². The van der Waals surface area contributed by atoms with Gasteiger partial charge in [0.05, 0.1) is 18.3 Å². The largest absolute Gasteiger partial charge is 0.357 e. The molecule has 0 aromatic carbocycles. The highest BCUT2D eigenvalue weighted by Gasteiger charge is 2.26. The smallest absolute Gasteiger partial charge is 0.222 e. The lowest BCUT2D eigenvalue weighted by atomic mass is 9.99. The lowest BCUT2D eigenvalue weighted by Crippen LogP contribution is -2.34. The maximum Gasteiger partial charge on any atom is 0.222 e. The van der Waals surface area contributed by atoms with Crippen LogP contribution in [0.15, 0.2) is 24.7 Å². The predicted molar refractivity (Wildman–Crippen MR) is 86.5 cm³/mol. The number of hydrogen-bond donors (Lipinski definition) is 1. The fraction of sp³-hybridized carbons (Fsp3) is 0.562. The third kappa shape index (κ3) is 3.11. The van der Waals surface area contributed by atoms with Crippen molar-refractivity contribution in [3.05, 3.63) is 36.2 Å². The van der Waals surface area contributed by atoms with Crippen LogP contribution in [0.3, 0.4) is 0 Å². The second-order valence-electron chi connectivity index (χ2n) is 5.67. The Kier molecular flexibility index (Phi) is 4.68. The van der Waals surface area contributed by atoms with Gasteiger partial charge >= 0.3 is 0 Å². The van der Waals surface area contributed by atoms with Crippen molar-refractivity contribution in [3.8, 4) is 0 Å². The molecule has 3 heterocycles. The van der Waals surface area contributed by atoms with Gasteiger partial charge in [0.2, 0.25) is 5.95 Å². The van der Waals surface area contributed by atoms with Gasteiger partial charge in [-0.25, -0.2) is 15.0 Å². The van der Waals surface area contributed by atoms with Crippen LogP contribution in [0, 0.1) is 0 Å². The summed E-state index contributed by atoms with van der Waals surface area (Å²) in [7, 11) is 1.86. The van der Waals surface area contributed by atoms with Crippen LogP contribution in [0.1, 0.15) is 43.7 Å². The SMILES string of the molecule is CCn1ccnc1CN1CCCCC1c1ccnc(NC)n1. The number of anilines is 1. The van der Waals surface area contributed by atoms with Gasteiger partial charge in [0.25, 0.3) is 0 Å². The summed E-state index contributed by atoms with van der Waals surface area (Å²) in [5.74, 6) is 1.83. The minimum absolute atomic E-state index is 0.353. The van der Waals surface area contributed by atoms with Crippen molar-refractivity contribution >= 4 is 5.95 Å². The molecule has 6 nitrogen and oxygen atoms in total. The van der Waals surface area contributed by atoms with Crippen LogP contribution >= 0.6 is 0 Å². The molecule has 0 radical (unpaired) electrons. The van der Waals surface area contributed by atoms with Crippen LogP contribution < -0.4 is 5.32 Å². The number of imidazole rings is 1. The van der Waals surface area contributed by atoms with Crippen LogP contribution in [0.2, 0.25) is 0 Å². The lowest BCUT2D eigenvalue weighted by molar-refractivity contribution is 0.132. The van der Waals surface area contributed by atoms with E-state index in [2.05, 4.69) is 42.9 Å². The standard InChI is InChI=1S/C16H24N6/c1-3-21-11-9-18-15(21)12-22-10-5-4-6-14(22)13-7-8-19-16(17-2)20-13/h7-9,11,14H,3-6,10,12H2,1-2H3,(H,17,19,20). The van der Waals surface area contributed by atoms with E-state index < -0.39 is 0 Å². The topological polar surface area (TPSA) is 58.9 Å². The Hall–Kier alpha value is -1.95. The molecule has 118 valence electrons. The van der Waals surface area contributed by atoms with E-state index in [1.54, 1.807) is 0 Å². The predicted octanol–water partition coefficient (Wildman–Crippen LogP) is 2.46. The number of rotatable bonds is 5. The Morgan fingerprint density at radius 3 is 3.00 bits per heavy atom. The molecule has 0 spiro atoms. The third-order valence-corrected chi connectivity index (χ3v) is 4.34. The Labute approximate surface area is 131 Å². The first kappa shape index (κ1) is 15.0. The lowest BCUT2D eigenvalue weighted by Gasteiger charge is -2.35. The minimum atomic E-state index is 0.353. The summed E-state index contributed by atoms with van der Waals surface area (Å²) in [5.41, 5.74) is 1.11. The maximum absolute atomic E-state index is 4.65. The van der Waals surface area contributed by atoms with Gasteiger partial charge in [-0.2, -0.15) is 0 Å². The summed E-state index contributed by atoms with van der Waals surface area (Å²) in [6.45, 7) is 5.10. The van der Waals surface area contributed by atoms with Crippen molar-refractivity contribution < 1.29 is 0 Å². The zero-order valence-electron chi connectivity index (χ0n) is 13.4. The highest BCUT2D eigenvalue weighted by Crippen LogP contribution is 2.31. The number of aromatic nitrogens is 4. The molecule has 0 aliphatic carbocycles. The quantitative estimate of drug-likeness (QED) is 0.919. The summed E-state index contributed by atoms with van der Waals surface area (Å²) < 4.78 is 2.21. The Bertz CT molecular complexity index is 608. The minimum Gasteiger partial charge on any atom is -0.357 e. The van der Waals surface area contributed by atoms with Gasteiger partial charge in [0.1, 0.15) is 5.82 Å². The van der Waals surface area contributed by atoms with Crippen molar-refractivity contribution in [3.63, 3.8) is 0 Å². The summed E-state index contributed by atoms with van der Waals surface area (Å²) in [6, 6.07) is 2.39. The zero-order chi connectivity index (χ0) is 15.4. The molecule has 6 heteroatoms. The normalized spacial score (nSPS) is 19.3. The molecule has 1 saturated heterocycles. The van der Waals surface area contributed by atoms with Crippen LogP contribution in [-0.2, 0) is 13.1 Å². The van der Waals surface area contributed by atoms with Gasteiger partial charge in [-0.15, -0.1) is 0 Å². The molecule has 2 aromatic rings. The van der Waals surface area contributed by atoms with E-state index in [0.29, 0.717) is 12.0 Å². The molecule has 1 unspecified atom stereocenters. The first-order valence-electron chi connectivity index (χ1n) is 8.06. The highest BCUT2D eigenvalue weighted by molar-refractivity contribution is 5.25. The van der Waals surface area contributed by atoms with E-state index in [4.69, 9.17) is 0 Å². The van der Waals surface area contributed by atoms with Gasteiger partial charge in [0.15, 0.2) is 0 Å². The molecule has 1 aliphatic rings. The molecular weight excluding hydrogens is 276 g/mol. The van der Waals surface area contributed by atoms with Gasteiger partial charge in [-0.3, -0.25) is 4.90 Å². The van der Waals surface area contributed by atoms with E-state index >= 15 is 0 Å². The van der Waals surface area contributed by atoms with Gasteiger partial charge < -0.3 is 9.88 Å². The monoisotopic (exact) mass is 300 g/mol. The van der Waals surface area contributed by atoms with Gasteiger partial charge in [0, 0.05) is 32.2 Å². The van der Waals surface area contributed by atoms with Gasteiger partial charge in [-0.1, -0.05) is 6.42 Å². The fourth-order valence-corrected chi connectivity index (χ4v) is 3.16. The number of nitrogens with zero attached hydrogens (tertiary/aromatic N) is 5. The number of nitrogens with one attached hydrogen (secondary N) is 1. The molecule has 0 saturated carbocycles. The molecule has 1 fully saturated rings. The number of piperidine rings is 1. The van der Waals surface area contributed by atoms with Crippen LogP contribution in [0.4, 0.5) is 5.95 Å². The Morgan fingerprint density at radius 1 is 1.27 bits per heavy atom. The van der Waals surface area contributed by atoms with Crippen molar-refractivity contribution in [2.45, 2.75) is 45.3 Å². The number of likely N-dealkylation sites (tertiary alicyclic amines) is 1. The number of hydrogen-bond acceptors (Lipinski definition) is 5. The van der Waals surface area contributed by atoms with Crippen LogP contribution in [-0.4, -0.2) is 38.0 Å². The molecule has 22 heavy (non-hydrogen) atoms. The van der Waals surface area contributed by atoms with E-state index in [1.807, 2.05) is 25.5 Å². The molecule has 1 aliphatic heterocycles. The fourth-order valence-electron chi connectivity index (χ4n) is 3.16. The second-order valence-corrected chi connectivity index (χ2v) is 5.67. The van der Waals surface area contributed by atoms with Crippen molar-refractivity contribution in [1.29, 1.82) is 0 Å². The molecule has 1 atom stereocenters. The van der Waals surface area contributed by atoms with E-state index in [-0.39, 0.29) is 0 Å². The second kappa shape index (κ2) is 6.87. The average molecular weight is 300 g/mol. The van der Waals surface area contributed by atoms with Crippen LogP contribution in [0.25, 0.3) is 0 Å². The van der Waals surface area contributed by atoms with E-state index in [9.17, 15) is 0 Å². The molecule has 0 amide bonds. The zero-order valence-corrected chi connectivity index (χ0v) is 13.4. The van der Waals surface area contributed by atoms with Gasteiger partial charge in [-0.05, 0) is 32.4 Å². The van der Waals surface area contributed by atoms with Crippen molar-refractivity contribution in [2.24, 2.45) is 0 Å². The molecule has 2 aromatic heterocycles. The van der Waals surface area contributed by atoms with Crippen molar-refractivity contribution in [1.82, 2.24) is 24.4 Å². The third-order valence-electron chi connectivity index (χ3n) is 4.34. The maximum atomic E-state index is 4.65. The number of aryl methyl sites for hydroxylation is 1. The first-order valence-corrected chi connectivity index (χ1v) is 8.06. The van der Waals surface area contributed by atoms with Crippen LogP contribution in [0.5, 0.6) is 0 Å². The molecule has 1 N–H and O–H groups in total. The molecular formula is C16H24N6. The highest BCUT2D eigenvalue weighted by atomic mass is 15.2. The average Bonchev–Trinajstić information content (AvgIpc) is 3.02. The molecule has 3 rings (SSSR count).